The summed E-state index contributed by atoms with van der Waals surface area (Å²) in [4.78, 5) is 21.2. The predicted molar refractivity (Wildman–Crippen MR) is 115 cm³/mol. The molecule has 0 spiro atoms. The van der Waals surface area contributed by atoms with E-state index < -0.39 is 6.10 Å². The van der Waals surface area contributed by atoms with Crippen molar-refractivity contribution in [2.24, 2.45) is 0 Å². The van der Waals surface area contributed by atoms with E-state index in [1.54, 1.807) is 6.20 Å². The first-order chi connectivity index (χ1) is 14.6. The number of unbranched alkanes of at least 4 members (excludes halogenated alkanes) is 2. The van der Waals surface area contributed by atoms with E-state index in [9.17, 15) is 15.0 Å². The fourth-order valence-corrected chi connectivity index (χ4v) is 3.72. The molecular formula is C22H32N4O4. The highest BCUT2D eigenvalue weighted by atomic mass is 16.5. The molecular weight excluding hydrogens is 384 g/mol. The highest BCUT2D eigenvalue weighted by molar-refractivity contribution is 5.69. The maximum Gasteiger partial charge on any atom is 0.306 e. The summed E-state index contributed by atoms with van der Waals surface area (Å²) >= 11 is 0. The molecule has 30 heavy (non-hydrogen) atoms. The summed E-state index contributed by atoms with van der Waals surface area (Å²) in [5, 5.41) is 20.0. The number of nitrogens with zero attached hydrogens (tertiary/aromatic N) is 4. The number of esters is 1. The molecule has 3 heterocycles. The van der Waals surface area contributed by atoms with Gasteiger partial charge in [-0.1, -0.05) is 25.8 Å². The number of rotatable bonds is 10. The Kier molecular flexibility index (Phi) is 7.96. The Balaban J connectivity index is 1.58. The van der Waals surface area contributed by atoms with Gasteiger partial charge in [0.1, 0.15) is 11.9 Å². The van der Waals surface area contributed by atoms with Crippen molar-refractivity contribution in [3.05, 3.63) is 36.5 Å². The SMILES string of the molecule is CCCCCC(=O)OC(CN1CCN(c2ccccn2)CC1)Cn1c(O)ccc1O. The Morgan fingerprint density at radius 3 is 2.43 bits per heavy atom. The van der Waals surface area contributed by atoms with Gasteiger partial charge in [-0.25, -0.2) is 4.98 Å². The van der Waals surface area contributed by atoms with Gasteiger partial charge in [-0.05, 0) is 18.6 Å². The number of ether oxygens (including phenoxy) is 1. The second-order valence-corrected chi connectivity index (χ2v) is 7.70. The van der Waals surface area contributed by atoms with Crippen LogP contribution in [0.3, 0.4) is 0 Å². The molecule has 0 amide bonds. The molecule has 2 N–H and O–H groups in total. The molecule has 164 valence electrons. The maximum absolute atomic E-state index is 12.3. The Labute approximate surface area is 177 Å². The normalized spacial score (nSPS) is 15.8. The third-order valence-corrected chi connectivity index (χ3v) is 5.41. The smallest absolute Gasteiger partial charge is 0.306 e. The number of carbonyl (C=O) groups excluding carboxylic acids is 1. The fourth-order valence-electron chi connectivity index (χ4n) is 3.72. The van der Waals surface area contributed by atoms with Crippen LogP contribution in [-0.2, 0) is 16.1 Å². The number of hydrogen-bond acceptors (Lipinski definition) is 7. The van der Waals surface area contributed by atoms with E-state index >= 15 is 0 Å². The van der Waals surface area contributed by atoms with Gasteiger partial charge < -0.3 is 19.8 Å². The molecule has 1 atom stereocenters. The third-order valence-electron chi connectivity index (χ3n) is 5.41. The minimum atomic E-state index is -0.454. The summed E-state index contributed by atoms with van der Waals surface area (Å²) in [5.41, 5.74) is 0. The topological polar surface area (TPSA) is 91.1 Å². The quantitative estimate of drug-likeness (QED) is 0.454. The fraction of sp³-hybridized carbons (Fsp3) is 0.545. The van der Waals surface area contributed by atoms with Gasteiger partial charge in [0.2, 0.25) is 0 Å². The van der Waals surface area contributed by atoms with E-state index in [1.165, 1.54) is 16.7 Å². The lowest BCUT2D eigenvalue weighted by Crippen LogP contribution is -2.49. The van der Waals surface area contributed by atoms with E-state index in [0.29, 0.717) is 13.0 Å². The van der Waals surface area contributed by atoms with Gasteiger partial charge in [0.15, 0.2) is 11.8 Å². The highest BCUT2D eigenvalue weighted by Gasteiger charge is 2.24. The number of pyridine rings is 1. The second-order valence-electron chi connectivity index (χ2n) is 7.70. The van der Waals surface area contributed by atoms with Crippen LogP contribution >= 0.6 is 0 Å². The lowest BCUT2D eigenvalue weighted by molar-refractivity contribution is -0.151. The molecule has 1 fully saturated rings. The minimum Gasteiger partial charge on any atom is -0.494 e. The summed E-state index contributed by atoms with van der Waals surface area (Å²) in [6.07, 6.45) is 4.58. The van der Waals surface area contributed by atoms with Crippen molar-refractivity contribution in [3.8, 4) is 11.8 Å². The van der Waals surface area contributed by atoms with Gasteiger partial charge in [0.05, 0.1) is 6.54 Å². The van der Waals surface area contributed by atoms with E-state index in [1.807, 2.05) is 18.2 Å². The van der Waals surface area contributed by atoms with E-state index in [4.69, 9.17) is 4.74 Å². The van der Waals surface area contributed by atoms with E-state index in [0.717, 1.165) is 51.3 Å². The van der Waals surface area contributed by atoms with Crippen LogP contribution in [0.4, 0.5) is 5.82 Å². The van der Waals surface area contributed by atoms with E-state index in [2.05, 4.69) is 21.7 Å². The Morgan fingerprint density at radius 1 is 1.07 bits per heavy atom. The molecule has 1 aliphatic heterocycles. The first kappa shape index (κ1) is 22.0. The summed E-state index contributed by atoms with van der Waals surface area (Å²) < 4.78 is 7.11. The monoisotopic (exact) mass is 416 g/mol. The lowest BCUT2D eigenvalue weighted by atomic mass is 10.2. The minimum absolute atomic E-state index is 0.0421. The average molecular weight is 417 g/mol. The van der Waals surface area contributed by atoms with Gasteiger partial charge in [-0.15, -0.1) is 0 Å². The van der Waals surface area contributed by atoms with Gasteiger partial charge in [0.25, 0.3) is 0 Å². The van der Waals surface area contributed by atoms with Gasteiger partial charge in [0, 0.05) is 57.5 Å². The van der Waals surface area contributed by atoms with Crippen molar-refractivity contribution in [2.45, 2.75) is 45.3 Å². The summed E-state index contributed by atoms with van der Waals surface area (Å²) in [7, 11) is 0. The van der Waals surface area contributed by atoms with Crippen LogP contribution in [0.15, 0.2) is 36.5 Å². The summed E-state index contributed by atoms with van der Waals surface area (Å²) in [5.74, 6) is 0.656. The van der Waals surface area contributed by atoms with E-state index in [-0.39, 0.29) is 24.3 Å². The number of hydrogen-bond donors (Lipinski definition) is 2. The standard InChI is InChI=1S/C22H32N4O4/c1-2-3-4-8-22(29)30-18(17-26-20(27)9-10-21(26)28)16-24-12-14-25(15-13-24)19-7-5-6-11-23-19/h5-7,9-11,18,27-28H,2-4,8,12-17H2,1H3. The van der Waals surface area contributed by atoms with Crippen molar-refractivity contribution < 1.29 is 19.7 Å². The first-order valence-electron chi connectivity index (χ1n) is 10.7. The molecule has 8 nitrogen and oxygen atoms in total. The average Bonchev–Trinajstić information content (AvgIpc) is 3.07. The Morgan fingerprint density at radius 2 is 1.80 bits per heavy atom. The van der Waals surface area contributed by atoms with Crippen molar-refractivity contribution in [2.75, 3.05) is 37.6 Å². The van der Waals surface area contributed by atoms with Crippen molar-refractivity contribution in [3.63, 3.8) is 0 Å². The predicted octanol–water partition coefficient (Wildman–Crippen LogP) is 2.61. The molecule has 0 bridgehead atoms. The molecule has 0 saturated carbocycles. The highest BCUT2D eigenvalue weighted by Crippen LogP contribution is 2.22. The van der Waals surface area contributed by atoms with Gasteiger partial charge in [-0.2, -0.15) is 0 Å². The lowest BCUT2D eigenvalue weighted by Gasteiger charge is -2.36. The summed E-state index contributed by atoms with van der Waals surface area (Å²) in [6.45, 7) is 6.18. The number of carbonyl (C=O) groups is 1. The zero-order valence-electron chi connectivity index (χ0n) is 17.6. The Bertz CT molecular complexity index is 768. The van der Waals surface area contributed by atoms with Crippen LogP contribution in [-0.4, -0.2) is 69.5 Å². The third kappa shape index (κ3) is 6.13. The van der Waals surface area contributed by atoms with Gasteiger partial charge >= 0.3 is 5.97 Å². The summed E-state index contributed by atoms with van der Waals surface area (Å²) in [6, 6.07) is 8.76. The molecule has 0 aliphatic carbocycles. The number of aromatic nitrogens is 2. The first-order valence-corrected chi connectivity index (χ1v) is 10.7. The number of anilines is 1. The molecule has 3 rings (SSSR count). The molecule has 1 aliphatic rings. The number of aromatic hydroxyl groups is 2. The Hall–Kier alpha value is -2.74. The zero-order valence-corrected chi connectivity index (χ0v) is 17.6. The van der Waals surface area contributed by atoms with Crippen molar-refractivity contribution in [1.82, 2.24) is 14.5 Å². The largest absolute Gasteiger partial charge is 0.494 e. The zero-order chi connectivity index (χ0) is 21.3. The van der Waals surface area contributed by atoms with Crippen LogP contribution in [0.1, 0.15) is 32.6 Å². The molecule has 2 aromatic heterocycles. The van der Waals surface area contributed by atoms with Crippen LogP contribution in [0, 0.1) is 0 Å². The number of piperazine rings is 1. The molecule has 1 unspecified atom stereocenters. The molecule has 1 saturated heterocycles. The second kappa shape index (κ2) is 10.9. The molecule has 2 aromatic rings. The van der Waals surface area contributed by atoms with Gasteiger partial charge in [-0.3, -0.25) is 14.3 Å². The van der Waals surface area contributed by atoms with Crippen LogP contribution < -0.4 is 4.90 Å². The molecule has 0 aromatic carbocycles. The van der Waals surface area contributed by atoms with Crippen molar-refractivity contribution >= 4 is 11.8 Å². The van der Waals surface area contributed by atoms with Crippen LogP contribution in [0.2, 0.25) is 0 Å². The molecule has 0 radical (unpaired) electrons. The molecule has 8 heteroatoms. The van der Waals surface area contributed by atoms with Crippen LogP contribution in [0.25, 0.3) is 0 Å². The maximum atomic E-state index is 12.3. The van der Waals surface area contributed by atoms with Crippen LogP contribution in [0.5, 0.6) is 11.8 Å². The van der Waals surface area contributed by atoms with Crippen molar-refractivity contribution in [1.29, 1.82) is 0 Å².